The van der Waals surface area contributed by atoms with Crippen molar-refractivity contribution in [1.82, 2.24) is 0 Å². The van der Waals surface area contributed by atoms with Crippen LogP contribution in [-0.4, -0.2) is 6.54 Å². The quantitative estimate of drug-likeness (QED) is 0.764. The van der Waals surface area contributed by atoms with Crippen LogP contribution < -0.4 is 5.32 Å². The van der Waals surface area contributed by atoms with Crippen LogP contribution in [0.2, 0.25) is 0 Å². The highest BCUT2D eigenvalue weighted by atomic mass is 14.9. The monoisotopic (exact) mass is 191 g/mol. The van der Waals surface area contributed by atoms with Gasteiger partial charge in [0.2, 0.25) is 0 Å². The molecule has 14 heavy (non-hydrogen) atoms. The summed E-state index contributed by atoms with van der Waals surface area (Å²) in [5.41, 5.74) is 3.91. The summed E-state index contributed by atoms with van der Waals surface area (Å²) in [6.45, 7) is 9.86. The molecule has 0 saturated heterocycles. The zero-order valence-corrected chi connectivity index (χ0v) is 9.72. The molecule has 0 fully saturated rings. The van der Waals surface area contributed by atoms with Crippen LogP contribution in [-0.2, 0) is 0 Å². The van der Waals surface area contributed by atoms with Crippen LogP contribution in [0.4, 0.5) is 5.69 Å². The molecule has 78 valence electrons. The molecule has 1 N–H and O–H groups in total. The lowest BCUT2D eigenvalue weighted by molar-refractivity contribution is 0.607. The molecule has 0 aromatic heterocycles. The summed E-state index contributed by atoms with van der Waals surface area (Å²) in [5.74, 6) is 0.772. The van der Waals surface area contributed by atoms with Crippen molar-refractivity contribution in [2.45, 2.75) is 34.1 Å². The van der Waals surface area contributed by atoms with E-state index in [0.29, 0.717) is 0 Å². The second-order valence-corrected chi connectivity index (χ2v) is 4.49. The SMILES string of the molecule is Cc1cc(C)cc(NCCC(C)C)c1. The number of hydrogen-bond acceptors (Lipinski definition) is 1. The van der Waals surface area contributed by atoms with Crippen molar-refractivity contribution < 1.29 is 0 Å². The summed E-state index contributed by atoms with van der Waals surface area (Å²) in [6, 6.07) is 6.61. The Hall–Kier alpha value is -0.980. The van der Waals surface area contributed by atoms with Gasteiger partial charge in [-0.1, -0.05) is 19.9 Å². The lowest BCUT2D eigenvalue weighted by Crippen LogP contribution is -2.04. The Bertz CT molecular complexity index is 269. The van der Waals surface area contributed by atoms with Crippen LogP contribution in [0.3, 0.4) is 0 Å². The van der Waals surface area contributed by atoms with Gasteiger partial charge in [-0.25, -0.2) is 0 Å². The average Bonchev–Trinajstić information content (AvgIpc) is 2.01. The van der Waals surface area contributed by atoms with Gasteiger partial charge in [0.15, 0.2) is 0 Å². The van der Waals surface area contributed by atoms with Gasteiger partial charge in [-0.15, -0.1) is 0 Å². The van der Waals surface area contributed by atoms with E-state index in [0.717, 1.165) is 12.5 Å². The Morgan fingerprint density at radius 1 is 1.07 bits per heavy atom. The molecule has 0 radical (unpaired) electrons. The summed E-state index contributed by atoms with van der Waals surface area (Å²) < 4.78 is 0. The summed E-state index contributed by atoms with van der Waals surface area (Å²) in [7, 11) is 0. The van der Waals surface area contributed by atoms with Crippen LogP contribution in [0.5, 0.6) is 0 Å². The van der Waals surface area contributed by atoms with E-state index in [9.17, 15) is 0 Å². The maximum Gasteiger partial charge on any atom is 0.0345 e. The molecule has 0 bridgehead atoms. The summed E-state index contributed by atoms with van der Waals surface area (Å²) >= 11 is 0. The Labute approximate surface area is 87.5 Å². The first-order chi connectivity index (χ1) is 6.58. The molecule has 1 aromatic rings. The molecule has 0 unspecified atom stereocenters. The summed E-state index contributed by atoms with van der Waals surface area (Å²) in [4.78, 5) is 0. The second-order valence-electron chi connectivity index (χ2n) is 4.49. The fourth-order valence-electron chi connectivity index (χ4n) is 1.58. The smallest absolute Gasteiger partial charge is 0.0345 e. The van der Waals surface area contributed by atoms with Gasteiger partial charge in [-0.2, -0.15) is 0 Å². The highest BCUT2D eigenvalue weighted by Gasteiger charge is 1.96. The largest absolute Gasteiger partial charge is 0.385 e. The van der Waals surface area contributed by atoms with E-state index in [1.807, 2.05) is 0 Å². The third-order valence-electron chi connectivity index (χ3n) is 2.27. The standard InChI is InChI=1S/C13H21N/c1-10(2)5-6-14-13-8-11(3)7-12(4)9-13/h7-10,14H,5-6H2,1-4H3. The minimum absolute atomic E-state index is 0.772. The van der Waals surface area contributed by atoms with Gasteiger partial charge < -0.3 is 5.32 Å². The minimum atomic E-state index is 0.772. The molecule has 0 spiro atoms. The third-order valence-corrected chi connectivity index (χ3v) is 2.27. The third kappa shape index (κ3) is 3.82. The fourth-order valence-corrected chi connectivity index (χ4v) is 1.58. The molecule has 1 aromatic carbocycles. The lowest BCUT2D eigenvalue weighted by atomic mass is 10.1. The van der Waals surface area contributed by atoms with E-state index < -0.39 is 0 Å². The molecule has 1 nitrogen and oxygen atoms in total. The van der Waals surface area contributed by atoms with Gasteiger partial charge >= 0.3 is 0 Å². The highest BCUT2D eigenvalue weighted by molar-refractivity contribution is 5.48. The van der Waals surface area contributed by atoms with Crippen molar-refractivity contribution in [2.24, 2.45) is 5.92 Å². The number of hydrogen-bond donors (Lipinski definition) is 1. The fraction of sp³-hybridized carbons (Fsp3) is 0.538. The molecular weight excluding hydrogens is 170 g/mol. The molecule has 0 amide bonds. The lowest BCUT2D eigenvalue weighted by Gasteiger charge is -2.09. The molecule has 1 heteroatoms. The van der Waals surface area contributed by atoms with Crippen molar-refractivity contribution in [3.8, 4) is 0 Å². The number of aryl methyl sites for hydroxylation is 2. The van der Waals surface area contributed by atoms with E-state index in [2.05, 4.69) is 51.2 Å². The Kier molecular flexibility index (Phi) is 3.99. The molecule has 0 aliphatic rings. The number of anilines is 1. The van der Waals surface area contributed by atoms with Crippen molar-refractivity contribution in [3.05, 3.63) is 29.3 Å². The highest BCUT2D eigenvalue weighted by Crippen LogP contribution is 2.14. The zero-order chi connectivity index (χ0) is 10.6. The van der Waals surface area contributed by atoms with Gasteiger partial charge in [0, 0.05) is 12.2 Å². The molecule has 0 heterocycles. The predicted molar refractivity (Wildman–Crippen MR) is 63.9 cm³/mol. The molecule has 0 atom stereocenters. The molecule has 0 aliphatic heterocycles. The van der Waals surface area contributed by atoms with Crippen molar-refractivity contribution in [2.75, 3.05) is 11.9 Å². The average molecular weight is 191 g/mol. The Morgan fingerprint density at radius 2 is 1.64 bits per heavy atom. The van der Waals surface area contributed by atoms with E-state index in [1.54, 1.807) is 0 Å². The van der Waals surface area contributed by atoms with Gasteiger partial charge in [0.05, 0.1) is 0 Å². The van der Waals surface area contributed by atoms with Gasteiger partial charge in [0.1, 0.15) is 0 Å². The minimum Gasteiger partial charge on any atom is -0.385 e. The van der Waals surface area contributed by atoms with Gasteiger partial charge in [-0.05, 0) is 49.4 Å². The van der Waals surface area contributed by atoms with Crippen LogP contribution in [0, 0.1) is 19.8 Å². The second kappa shape index (κ2) is 5.04. The molecular formula is C13H21N. The summed E-state index contributed by atoms with van der Waals surface area (Å²) in [6.07, 6.45) is 1.23. The normalized spacial score (nSPS) is 10.6. The van der Waals surface area contributed by atoms with Crippen LogP contribution >= 0.6 is 0 Å². The topological polar surface area (TPSA) is 12.0 Å². The Balaban J connectivity index is 2.50. The van der Waals surface area contributed by atoms with E-state index >= 15 is 0 Å². The molecule has 1 rings (SSSR count). The maximum absolute atomic E-state index is 3.46. The predicted octanol–water partition coefficient (Wildman–Crippen LogP) is 3.76. The zero-order valence-electron chi connectivity index (χ0n) is 9.72. The first-order valence-corrected chi connectivity index (χ1v) is 5.40. The van der Waals surface area contributed by atoms with E-state index in [1.165, 1.54) is 23.2 Å². The Morgan fingerprint density at radius 3 is 2.14 bits per heavy atom. The van der Waals surface area contributed by atoms with Crippen molar-refractivity contribution >= 4 is 5.69 Å². The first kappa shape index (κ1) is 11.1. The number of nitrogens with one attached hydrogen (secondary N) is 1. The van der Waals surface area contributed by atoms with Crippen LogP contribution in [0.15, 0.2) is 18.2 Å². The molecule has 0 aliphatic carbocycles. The van der Waals surface area contributed by atoms with Crippen LogP contribution in [0.25, 0.3) is 0 Å². The van der Waals surface area contributed by atoms with Gasteiger partial charge in [-0.3, -0.25) is 0 Å². The number of rotatable bonds is 4. The maximum atomic E-state index is 3.46. The van der Waals surface area contributed by atoms with Crippen LogP contribution in [0.1, 0.15) is 31.4 Å². The first-order valence-electron chi connectivity index (χ1n) is 5.40. The number of benzene rings is 1. The van der Waals surface area contributed by atoms with Crippen molar-refractivity contribution in [1.29, 1.82) is 0 Å². The summed E-state index contributed by atoms with van der Waals surface area (Å²) in [5, 5.41) is 3.46. The van der Waals surface area contributed by atoms with E-state index in [-0.39, 0.29) is 0 Å². The van der Waals surface area contributed by atoms with E-state index in [4.69, 9.17) is 0 Å². The molecule has 0 saturated carbocycles. The van der Waals surface area contributed by atoms with Crippen molar-refractivity contribution in [3.63, 3.8) is 0 Å². The van der Waals surface area contributed by atoms with Gasteiger partial charge in [0.25, 0.3) is 0 Å².